The summed E-state index contributed by atoms with van der Waals surface area (Å²) in [5.41, 5.74) is 1.82. The number of aliphatic carboxylic acids is 1. The van der Waals surface area contributed by atoms with E-state index in [0.717, 1.165) is 11.6 Å². The number of aromatic nitrogens is 2. The maximum absolute atomic E-state index is 10.7. The van der Waals surface area contributed by atoms with Gasteiger partial charge >= 0.3 is 5.97 Å². The molecule has 5 heteroatoms. The van der Waals surface area contributed by atoms with Gasteiger partial charge in [-0.1, -0.05) is 30.3 Å². The Balaban J connectivity index is 2.21. The SMILES string of the molecule is Cc1cc2c(/C=C\C(=O)O)nc(-c3ccccc3)nc2o1. The summed E-state index contributed by atoms with van der Waals surface area (Å²) >= 11 is 0. The first-order valence-electron chi connectivity index (χ1n) is 6.38. The molecular formula is C16H12N2O3. The fourth-order valence-electron chi connectivity index (χ4n) is 2.06. The minimum absolute atomic E-state index is 0.450. The molecule has 0 amide bonds. The Morgan fingerprint density at radius 2 is 2.00 bits per heavy atom. The first-order valence-corrected chi connectivity index (χ1v) is 6.38. The molecule has 3 aromatic rings. The van der Waals surface area contributed by atoms with Crippen LogP contribution in [0.2, 0.25) is 0 Å². The highest BCUT2D eigenvalue weighted by Gasteiger charge is 2.11. The molecule has 2 aromatic heterocycles. The Bertz CT molecular complexity index is 835. The largest absolute Gasteiger partial charge is 0.478 e. The number of rotatable bonds is 3. The van der Waals surface area contributed by atoms with Gasteiger partial charge in [-0.15, -0.1) is 0 Å². The van der Waals surface area contributed by atoms with E-state index in [1.54, 1.807) is 6.07 Å². The van der Waals surface area contributed by atoms with Crippen molar-refractivity contribution in [1.29, 1.82) is 0 Å². The van der Waals surface area contributed by atoms with Crippen LogP contribution in [-0.4, -0.2) is 21.0 Å². The number of carboxylic acid groups (broad SMARTS) is 1. The number of hydrogen-bond acceptors (Lipinski definition) is 4. The lowest BCUT2D eigenvalue weighted by Crippen LogP contribution is -1.93. The Morgan fingerprint density at radius 3 is 2.71 bits per heavy atom. The number of aryl methyl sites for hydroxylation is 1. The molecule has 0 bridgehead atoms. The molecule has 0 aliphatic carbocycles. The molecule has 3 rings (SSSR count). The van der Waals surface area contributed by atoms with Gasteiger partial charge in [0.05, 0.1) is 11.1 Å². The highest BCUT2D eigenvalue weighted by molar-refractivity contribution is 5.91. The fraction of sp³-hybridized carbons (Fsp3) is 0.0625. The van der Waals surface area contributed by atoms with E-state index in [4.69, 9.17) is 9.52 Å². The van der Waals surface area contributed by atoms with Crippen molar-refractivity contribution in [3.8, 4) is 11.4 Å². The molecule has 0 radical (unpaired) electrons. The van der Waals surface area contributed by atoms with Crippen LogP contribution in [0.4, 0.5) is 0 Å². The monoisotopic (exact) mass is 280 g/mol. The summed E-state index contributed by atoms with van der Waals surface area (Å²) in [4.78, 5) is 19.5. The topological polar surface area (TPSA) is 76.2 Å². The summed E-state index contributed by atoms with van der Waals surface area (Å²) in [6.07, 6.45) is 2.51. The first kappa shape index (κ1) is 13.1. The molecule has 0 spiro atoms. The van der Waals surface area contributed by atoms with E-state index in [-0.39, 0.29) is 0 Å². The number of fused-ring (bicyclic) bond motifs is 1. The lowest BCUT2D eigenvalue weighted by Gasteiger charge is -2.02. The average molecular weight is 280 g/mol. The van der Waals surface area contributed by atoms with E-state index in [0.29, 0.717) is 28.4 Å². The second kappa shape index (κ2) is 5.20. The predicted molar refractivity (Wildman–Crippen MR) is 78.6 cm³/mol. The Labute approximate surface area is 120 Å². The third-order valence-electron chi connectivity index (χ3n) is 2.96. The minimum Gasteiger partial charge on any atom is -0.478 e. The average Bonchev–Trinajstić information content (AvgIpc) is 2.85. The van der Waals surface area contributed by atoms with Crippen molar-refractivity contribution in [1.82, 2.24) is 9.97 Å². The number of carboxylic acids is 1. The van der Waals surface area contributed by atoms with Crippen LogP contribution in [0.3, 0.4) is 0 Å². The molecular weight excluding hydrogens is 268 g/mol. The molecule has 0 aliphatic rings. The normalized spacial score (nSPS) is 11.3. The van der Waals surface area contributed by atoms with Gasteiger partial charge in [-0.25, -0.2) is 9.78 Å². The highest BCUT2D eigenvalue weighted by atomic mass is 16.4. The van der Waals surface area contributed by atoms with Gasteiger partial charge in [0.25, 0.3) is 0 Å². The van der Waals surface area contributed by atoms with Gasteiger partial charge in [0.1, 0.15) is 5.76 Å². The molecule has 104 valence electrons. The van der Waals surface area contributed by atoms with Crippen LogP contribution in [0.25, 0.3) is 28.6 Å². The second-order valence-electron chi connectivity index (χ2n) is 4.55. The Kier molecular flexibility index (Phi) is 3.23. The van der Waals surface area contributed by atoms with Gasteiger partial charge in [0, 0.05) is 11.6 Å². The van der Waals surface area contributed by atoms with Crippen LogP contribution in [-0.2, 0) is 4.79 Å². The van der Waals surface area contributed by atoms with E-state index in [1.165, 1.54) is 6.08 Å². The van der Waals surface area contributed by atoms with Crippen LogP contribution >= 0.6 is 0 Å². The summed E-state index contributed by atoms with van der Waals surface area (Å²) in [7, 11) is 0. The van der Waals surface area contributed by atoms with Gasteiger partial charge in [-0.05, 0) is 19.1 Å². The van der Waals surface area contributed by atoms with Crippen LogP contribution in [0.15, 0.2) is 46.9 Å². The molecule has 0 saturated heterocycles. The van der Waals surface area contributed by atoms with Crippen molar-refractivity contribution in [2.75, 3.05) is 0 Å². The van der Waals surface area contributed by atoms with Crippen molar-refractivity contribution in [2.45, 2.75) is 6.92 Å². The van der Waals surface area contributed by atoms with Crippen molar-refractivity contribution in [2.24, 2.45) is 0 Å². The predicted octanol–water partition coefficient (Wildman–Crippen LogP) is 3.30. The van der Waals surface area contributed by atoms with Crippen molar-refractivity contribution >= 4 is 23.1 Å². The Hall–Kier alpha value is -2.95. The Morgan fingerprint density at radius 1 is 1.24 bits per heavy atom. The standard InChI is InChI=1S/C16H12N2O3/c1-10-9-12-13(7-8-14(19)20)17-15(18-16(12)21-10)11-5-3-2-4-6-11/h2-9H,1H3,(H,19,20)/b8-7-. The van der Waals surface area contributed by atoms with Crippen LogP contribution < -0.4 is 0 Å². The highest BCUT2D eigenvalue weighted by Crippen LogP contribution is 2.25. The van der Waals surface area contributed by atoms with Crippen molar-refractivity contribution in [3.05, 3.63) is 53.9 Å². The number of nitrogens with zero attached hydrogens (tertiary/aromatic N) is 2. The van der Waals surface area contributed by atoms with Gasteiger partial charge in [0.15, 0.2) is 5.82 Å². The minimum atomic E-state index is -1.02. The summed E-state index contributed by atoms with van der Waals surface area (Å²) in [6, 6.07) is 11.3. The zero-order valence-electron chi connectivity index (χ0n) is 11.3. The maximum atomic E-state index is 10.7. The molecule has 0 atom stereocenters. The quantitative estimate of drug-likeness (QED) is 0.745. The van der Waals surface area contributed by atoms with Gasteiger partial charge in [-0.3, -0.25) is 0 Å². The van der Waals surface area contributed by atoms with E-state index in [9.17, 15) is 4.79 Å². The van der Waals surface area contributed by atoms with Crippen molar-refractivity contribution in [3.63, 3.8) is 0 Å². The third kappa shape index (κ3) is 2.67. The molecule has 0 saturated carbocycles. The molecule has 0 aliphatic heterocycles. The summed E-state index contributed by atoms with van der Waals surface area (Å²) < 4.78 is 5.55. The molecule has 5 nitrogen and oxygen atoms in total. The molecule has 2 heterocycles. The van der Waals surface area contributed by atoms with Crippen LogP contribution in [0.5, 0.6) is 0 Å². The number of benzene rings is 1. The number of carbonyl (C=O) groups is 1. The first-order chi connectivity index (χ1) is 10.1. The lowest BCUT2D eigenvalue weighted by molar-refractivity contribution is -0.131. The van der Waals surface area contributed by atoms with E-state index >= 15 is 0 Å². The molecule has 1 aromatic carbocycles. The number of hydrogen-bond donors (Lipinski definition) is 1. The summed E-state index contributed by atoms with van der Waals surface area (Å²) in [5, 5.41) is 9.48. The van der Waals surface area contributed by atoms with Crippen LogP contribution in [0, 0.1) is 6.92 Å². The molecule has 0 unspecified atom stereocenters. The second-order valence-corrected chi connectivity index (χ2v) is 4.55. The summed E-state index contributed by atoms with van der Waals surface area (Å²) in [6.45, 7) is 1.81. The third-order valence-corrected chi connectivity index (χ3v) is 2.96. The molecule has 1 N–H and O–H groups in total. The van der Waals surface area contributed by atoms with E-state index < -0.39 is 5.97 Å². The van der Waals surface area contributed by atoms with Crippen LogP contribution in [0.1, 0.15) is 11.5 Å². The van der Waals surface area contributed by atoms with Crippen molar-refractivity contribution < 1.29 is 14.3 Å². The molecule has 21 heavy (non-hydrogen) atoms. The smallest absolute Gasteiger partial charge is 0.328 e. The maximum Gasteiger partial charge on any atom is 0.328 e. The zero-order valence-corrected chi connectivity index (χ0v) is 11.3. The lowest BCUT2D eigenvalue weighted by atomic mass is 10.2. The van der Waals surface area contributed by atoms with Gasteiger partial charge in [0.2, 0.25) is 5.71 Å². The fourth-order valence-corrected chi connectivity index (χ4v) is 2.06. The molecule has 0 fully saturated rings. The van der Waals surface area contributed by atoms with Gasteiger partial charge in [-0.2, -0.15) is 4.98 Å². The van der Waals surface area contributed by atoms with Gasteiger partial charge < -0.3 is 9.52 Å². The number of furan rings is 1. The van der Waals surface area contributed by atoms with E-state index in [1.807, 2.05) is 37.3 Å². The van der Waals surface area contributed by atoms with E-state index in [2.05, 4.69) is 9.97 Å². The zero-order chi connectivity index (χ0) is 14.8. The summed E-state index contributed by atoms with van der Waals surface area (Å²) in [5.74, 6) is 0.181.